The molecule has 5 rings (SSSR count). The van der Waals surface area contributed by atoms with Gasteiger partial charge in [0, 0.05) is 32.5 Å². The number of anilines is 1. The molecule has 31 heavy (non-hydrogen) atoms. The number of amides is 2. The van der Waals surface area contributed by atoms with Gasteiger partial charge < -0.3 is 14.8 Å². The highest BCUT2D eigenvalue weighted by Crippen LogP contribution is 2.44. The Hall–Kier alpha value is -2.05. The number of carbonyl (C=O) groups excluding carboxylic acids is 1. The number of rotatable bonds is 2. The van der Waals surface area contributed by atoms with Gasteiger partial charge in [0.1, 0.15) is 5.00 Å². The molecule has 0 saturated heterocycles. The van der Waals surface area contributed by atoms with E-state index in [0.29, 0.717) is 12.5 Å². The maximum absolute atomic E-state index is 13.7. The van der Waals surface area contributed by atoms with Gasteiger partial charge in [-0.05, 0) is 80.0 Å². The zero-order chi connectivity index (χ0) is 21.7. The molecule has 1 aromatic carbocycles. The molecule has 1 atom stereocenters. The first-order valence-electron chi connectivity index (χ1n) is 11.1. The summed E-state index contributed by atoms with van der Waals surface area (Å²) in [5, 5.41) is 4.49. The predicted octanol–water partition coefficient (Wildman–Crippen LogP) is 7.23. The number of hydrogen-bond donors (Lipinski definition) is 1. The van der Waals surface area contributed by atoms with Gasteiger partial charge in [-0.25, -0.2) is 4.79 Å². The lowest BCUT2D eigenvalue weighted by atomic mass is 9.94. The number of fused-ring (bicyclic) bond motifs is 5. The normalized spacial score (nSPS) is 17.7. The van der Waals surface area contributed by atoms with Crippen LogP contribution in [0.25, 0.3) is 5.00 Å². The van der Waals surface area contributed by atoms with Gasteiger partial charge in [0.15, 0.2) is 0 Å². The summed E-state index contributed by atoms with van der Waals surface area (Å²) in [6.45, 7) is 7.12. The second kappa shape index (κ2) is 8.14. The fourth-order valence-electron chi connectivity index (χ4n) is 5.04. The van der Waals surface area contributed by atoms with Crippen LogP contribution >= 0.6 is 27.3 Å². The third-order valence-corrected chi connectivity index (χ3v) is 8.75. The number of carbonyl (C=O) groups is 1. The van der Waals surface area contributed by atoms with E-state index in [-0.39, 0.29) is 12.1 Å². The third-order valence-electron chi connectivity index (χ3n) is 6.53. The molecule has 4 nitrogen and oxygen atoms in total. The molecule has 1 aliphatic carbocycles. The lowest BCUT2D eigenvalue weighted by molar-refractivity contribution is 0.161. The van der Waals surface area contributed by atoms with Crippen LogP contribution in [0.4, 0.5) is 10.5 Å². The van der Waals surface area contributed by atoms with Crippen molar-refractivity contribution in [2.75, 3.05) is 5.32 Å². The molecule has 0 fully saturated rings. The molecule has 0 radical (unpaired) electrons. The van der Waals surface area contributed by atoms with Crippen molar-refractivity contribution >= 4 is 39.0 Å². The summed E-state index contributed by atoms with van der Waals surface area (Å²) in [5.41, 5.74) is 5.99. The minimum Gasteiger partial charge on any atom is -0.311 e. The highest BCUT2D eigenvalue weighted by molar-refractivity contribution is 9.10. The van der Waals surface area contributed by atoms with E-state index in [1.54, 1.807) is 0 Å². The van der Waals surface area contributed by atoms with Crippen LogP contribution in [0.15, 0.2) is 41.0 Å². The highest BCUT2D eigenvalue weighted by Gasteiger charge is 2.36. The molecule has 6 heteroatoms. The number of aromatic nitrogens is 1. The number of nitrogens with one attached hydrogen (secondary N) is 1. The summed E-state index contributed by atoms with van der Waals surface area (Å²) < 4.78 is 3.40. The molecular weight excluding hydrogens is 470 g/mol. The lowest BCUT2D eigenvalue weighted by Crippen LogP contribution is -2.39. The van der Waals surface area contributed by atoms with Gasteiger partial charge in [-0.3, -0.25) is 0 Å². The van der Waals surface area contributed by atoms with Crippen molar-refractivity contribution in [2.45, 2.75) is 59.0 Å². The van der Waals surface area contributed by atoms with Crippen molar-refractivity contribution in [3.8, 4) is 5.00 Å². The number of aryl methyl sites for hydroxylation is 2. The average molecular weight is 498 g/mol. The van der Waals surface area contributed by atoms with Crippen LogP contribution in [0.1, 0.15) is 60.0 Å². The summed E-state index contributed by atoms with van der Waals surface area (Å²) in [7, 11) is 0. The Morgan fingerprint density at radius 3 is 2.77 bits per heavy atom. The second-order valence-corrected chi connectivity index (χ2v) is 10.9. The minimum absolute atomic E-state index is 0.0189. The average Bonchev–Trinajstić information content (AvgIpc) is 3.32. The van der Waals surface area contributed by atoms with E-state index in [9.17, 15) is 4.79 Å². The van der Waals surface area contributed by atoms with Gasteiger partial charge in [-0.1, -0.05) is 29.8 Å². The van der Waals surface area contributed by atoms with Crippen molar-refractivity contribution in [1.82, 2.24) is 9.47 Å². The Labute approximate surface area is 196 Å². The molecule has 3 aromatic rings. The topological polar surface area (TPSA) is 37.3 Å². The molecule has 1 aliphatic heterocycles. The summed E-state index contributed by atoms with van der Waals surface area (Å²) in [4.78, 5) is 17.2. The second-order valence-electron chi connectivity index (χ2n) is 9.01. The van der Waals surface area contributed by atoms with E-state index in [0.717, 1.165) is 22.1 Å². The zero-order valence-electron chi connectivity index (χ0n) is 18.2. The molecular formula is C25H28BrN3OS. The van der Waals surface area contributed by atoms with E-state index in [4.69, 9.17) is 0 Å². The fourth-order valence-corrected chi connectivity index (χ4v) is 6.69. The van der Waals surface area contributed by atoms with Crippen LogP contribution in [0, 0.1) is 12.8 Å². The van der Waals surface area contributed by atoms with Gasteiger partial charge >= 0.3 is 6.03 Å². The Kier molecular flexibility index (Phi) is 5.47. The third kappa shape index (κ3) is 3.64. The summed E-state index contributed by atoms with van der Waals surface area (Å²) in [5.74, 6) is 0.302. The van der Waals surface area contributed by atoms with Crippen molar-refractivity contribution in [3.63, 3.8) is 0 Å². The first-order valence-corrected chi connectivity index (χ1v) is 12.7. The molecule has 0 spiro atoms. The van der Waals surface area contributed by atoms with E-state index in [1.165, 1.54) is 46.0 Å². The van der Waals surface area contributed by atoms with E-state index >= 15 is 0 Å². The van der Waals surface area contributed by atoms with Gasteiger partial charge in [0.25, 0.3) is 0 Å². The van der Waals surface area contributed by atoms with Crippen molar-refractivity contribution < 1.29 is 4.79 Å². The van der Waals surface area contributed by atoms with Crippen molar-refractivity contribution in [1.29, 1.82) is 0 Å². The summed E-state index contributed by atoms with van der Waals surface area (Å²) in [6, 6.07) is 10.3. The Balaban J connectivity index is 1.58. The van der Waals surface area contributed by atoms with Gasteiger partial charge in [-0.2, -0.15) is 0 Å². The molecule has 0 bridgehead atoms. The molecule has 0 saturated carbocycles. The Bertz CT molecular complexity index is 1150. The summed E-state index contributed by atoms with van der Waals surface area (Å²) in [6.07, 6.45) is 6.98. The van der Waals surface area contributed by atoms with Gasteiger partial charge in [-0.15, -0.1) is 11.3 Å². The Morgan fingerprint density at radius 2 is 2.00 bits per heavy atom. The SMILES string of the molecule is Cc1cc(NC(=O)N2Cc3c(sc4c3CCCC4)-n3cccc3[C@H]2C(C)C)ccc1Br. The largest absolute Gasteiger partial charge is 0.322 e. The standard InChI is InChI=1S/C25H28BrN3OS/c1-15(2)23-21-8-6-12-28(21)24-19(18-7-4-5-9-22(18)31-24)14-29(23)25(30)27-17-10-11-20(26)16(3)13-17/h6,8,10-13,15,23H,4-5,7,9,14H2,1-3H3,(H,27,30)/t23-/m1/s1. The van der Waals surface area contributed by atoms with Crippen LogP contribution in [0.3, 0.4) is 0 Å². The number of nitrogens with zero attached hydrogens (tertiary/aromatic N) is 2. The van der Waals surface area contributed by atoms with E-state index < -0.39 is 0 Å². The van der Waals surface area contributed by atoms with Crippen molar-refractivity contribution in [2.24, 2.45) is 5.92 Å². The molecule has 2 amide bonds. The maximum atomic E-state index is 13.7. The van der Waals surface area contributed by atoms with Crippen LogP contribution < -0.4 is 5.32 Å². The molecule has 1 N–H and O–H groups in total. The molecule has 0 unspecified atom stereocenters. The van der Waals surface area contributed by atoms with Crippen molar-refractivity contribution in [3.05, 3.63) is 68.3 Å². The number of hydrogen-bond acceptors (Lipinski definition) is 2. The van der Waals surface area contributed by atoms with Gasteiger partial charge in [0.2, 0.25) is 0 Å². The molecule has 162 valence electrons. The predicted molar refractivity (Wildman–Crippen MR) is 131 cm³/mol. The smallest absolute Gasteiger partial charge is 0.311 e. The number of halogens is 1. The highest BCUT2D eigenvalue weighted by atomic mass is 79.9. The van der Waals surface area contributed by atoms with Crippen LogP contribution in [0.5, 0.6) is 0 Å². The molecule has 2 aromatic heterocycles. The first kappa shape index (κ1) is 20.8. The zero-order valence-corrected chi connectivity index (χ0v) is 20.6. The first-order chi connectivity index (χ1) is 14.9. The number of benzene rings is 1. The van der Waals surface area contributed by atoms with Gasteiger partial charge in [0.05, 0.1) is 12.6 Å². The quantitative estimate of drug-likeness (QED) is 0.398. The monoisotopic (exact) mass is 497 g/mol. The fraction of sp³-hybridized carbons (Fsp3) is 0.400. The number of thiophene rings is 1. The molecule has 2 aliphatic rings. The number of urea groups is 1. The summed E-state index contributed by atoms with van der Waals surface area (Å²) >= 11 is 5.48. The van der Waals surface area contributed by atoms with E-state index in [2.05, 4.69) is 62.9 Å². The van der Waals surface area contributed by atoms with Crippen LogP contribution in [-0.2, 0) is 19.4 Å². The van der Waals surface area contributed by atoms with Crippen LogP contribution in [0.2, 0.25) is 0 Å². The van der Waals surface area contributed by atoms with Crippen LogP contribution in [-0.4, -0.2) is 15.5 Å². The lowest BCUT2D eigenvalue weighted by Gasteiger charge is -2.33. The maximum Gasteiger partial charge on any atom is 0.322 e. The molecule has 3 heterocycles. The Morgan fingerprint density at radius 1 is 1.19 bits per heavy atom. The van der Waals surface area contributed by atoms with E-state index in [1.807, 2.05) is 36.5 Å². The minimum atomic E-state index is -0.0308.